The molecule has 1 aromatic heterocycles. The minimum atomic E-state index is -0.544. The molecule has 0 radical (unpaired) electrons. The van der Waals surface area contributed by atoms with Gasteiger partial charge in [0.25, 0.3) is 11.6 Å². The predicted molar refractivity (Wildman–Crippen MR) is 115 cm³/mol. The zero-order valence-corrected chi connectivity index (χ0v) is 17.2. The van der Waals surface area contributed by atoms with Crippen molar-refractivity contribution in [3.63, 3.8) is 0 Å². The fourth-order valence-electron chi connectivity index (χ4n) is 2.89. The van der Waals surface area contributed by atoms with Crippen molar-refractivity contribution >= 4 is 44.3 Å². The minimum absolute atomic E-state index is 0.148. The largest absolute Gasteiger partial charge is 0.496 e. The Morgan fingerprint density at radius 2 is 2.00 bits per heavy atom. The first kappa shape index (κ1) is 19.6. The van der Waals surface area contributed by atoms with E-state index in [9.17, 15) is 14.9 Å². The van der Waals surface area contributed by atoms with Gasteiger partial charge in [-0.25, -0.2) is 4.98 Å². The van der Waals surface area contributed by atoms with Crippen LogP contribution in [0.1, 0.15) is 10.4 Å². The van der Waals surface area contributed by atoms with Gasteiger partial charge in [0.2, 0.25) is 5.89 Å². The van der Waals surface area contributed by atoms with E-state index in [1.54, 1.807) is 31.4 Å². The average molecular weight is 468 g/mol. The molecule has 0 bridgehead atoms. The molecule has 0 aliphatic heterocycles. The zero-order chi connectivity index (χ0) is 21.3. The van der Waals surface area contributed by atoms with Crippen molar-refractivity contribution in [1.82, 2.24) is 4.98 Å². The maximum atomic E-state index is 12.5. The highest BCUT2D eigenvalue weighted by Gasteiger charge is 2.14. The van der Waals surface area contributed by atoms with Crippen molar-refractivity contribution in [3.8, 4) is 17.2 Å². The second-order valence-corrected chi connectivity index (χ2v) is 7.17. The molecule has 9 heteroatoms. The average Bonchev–Trinajstić information content (AvgIpc) is 3.17. The molecule has 0 spiro atoms. The van der Waals surface area contributed by atoms with E-state index in [-0.39, 0.29) is 11.3 Å². The molecular formula is C21H14BrN3O5. The number of fused-ring (bicyclic) bond motifs is 1. The Morgan fingerprint density at radius 3 is 2.73 bits per heavy atom. The highest BCUT2D eigenvalue weighted by atomic mass is 79.9. The van der Waals surface area contributed by atoms with Crippen LogP contribution >= 0.6 is 15.9 Å². The monoisotopic (exact) mass is 467 g/mol. The normalized spacial score (nSPS) is 10.7. The smallest absolute Gasteiger partial charge is 0.270 e. The number of nitrogens with zero attached hydrogens (tertiary/aromatic N) is 2. The molecule has 4 aromatic rings. The molecule has 1 amide bonds. The minimum Gasteiger partial charge on any atom is -0.496 e. The van der Waals surface area contributed by atoms with E-state index < -0.39 is 10.8 Å². The number of carbonyl (C=O) groups excluding carboxylic acids is 1. The number of non-ortho nitro benzene ring substituents is 1. The molecule has 0 saturated heterocycles. The lowest BCUT2D eigenvalue weighted by atomic mass is 10.2. The van der Waals surface area contributed by atoms with Crippen LogP contribution in [-0.4, -0.2) is 22.9 Å². The van der Waals surface area contributed by atoms with Crippen LogP contribution in [0.3, 0.4) is 0 Å². The quantitative estimate of drug-likeness (QED) is 0.309. The number of aromatic nitrogens is 1. The topological polar surface area (TPSA) is 108 Å². The molecule has 0 fully saturated rings. The Hall–Kier alpha value is -3.72. The number of nitrogens with one attached hydrogen (secondary N) is 1. The van der Waals surface area contributed by atoms with E-state index in [1.165, 1.54) is 24.3 Å². The molecular weight excluding hydrogens is 454 g/mol. The SMILES string of the molecule is COc1ccc(-c2nc3cc(NC(=O)c4cccc([N+](=O)[O-])c4)ccc3o2)cc1Br. The number of oxazole rings is 1. The maximum Gasteiger partial charge on any atom is 0.270 e. The second kappa shape index (κ2) is 7.96. The van der Waals surface area contributed by atoms with Crippen LogP contribution in [0.25, 0.3) is 22.6 Å². The van der Waals surface area contributed by atoms with Gasteiger partial charge in [-0.2, -0.15) is 0 Å². The number of anilines is 1. The van der Waals surface area contributed by atoms with E-state index in [1.807, 2.05) is 12.1 Å². The summed E-state index contributed by atoms with van der Waals surface area (Å²) in [6, 6.07) is 16.1. The Bertz CT molecular complexity index is 1280. The zero-order valence-electron chi connectivity index (χ0n) is 15.6. The number of nitro groups is 1. The summed E-state index contributed by atoms with van der Waals surface area (Å²) in [4.78, 5) is 27.3. The lowest BCUT2D eigenvalue weighted by molar-refractivity contribution is -0.384. The third-order valence-electron chi connectivity index (χ3n) is 4.36. The molecule has 0 saturated carbocycles. The van der Waals surface area contributed by atoms with Gasteiger partial charge >= 0.3 is 0 Å². The first-order valence-corrected chi connectivity index (χ1v) is 9.54. The van der Waals surface area contributed by atoms with Crippen LogP contribution in [-0.2, 0) is 0 Å². The number of hydrogen-bond donors (Lipinski definition) is 1. The van der Waals surface area contributed by atoms with Crippen LogP contribution in [0.5, 0.6) is 5.75 Å². The number of methoxy groups -OCH3 is 1. The van der Waals surface area contributed by atoms with Crippen molar-refractivity contribution < 1.29 is 18.9 Å². The Kier molecular flexibility index (Phi) is 5.20. The van der Waals surface area contributed by atoms with Crippen molar-refractivity contribution in [1.29, 1.82) is 0 Å². The number of nitro benzene ring substituents is 1. The van der Waals surface area contributed by atoms with E-state index in [4.69, 9.17) is 9.15 Å². The van der Waals surface area contributed by atoms with E-state index in [2.05, 4.69) is 26.2 Å². The van der Waals surface area contributed by atoms with Gasteiger partial charge in [-0.3, -0.25) is 14.9 Å². The van der Waals surface area contributed by atoms with Crippen LogP contribution in [0.15, 0.2) is 69.6 Å². The van der Waals surface area contributed by atoms with Gasteiger partial charge in [0, 0.05) is 28.9 Å². The van der Waals surface area contributed by atoms with Crippen LogP contribution in [0.2, 0.25) is 0 Å². The van der Waals surface area contributed by atoms with Gasteiger partial charge in [-0.15, -0.1) is 0 Å². The molecule has 30 heavy (non-hydrogen) atoms. The summed E-state index contributed by atoms with van der Waals surface area (Å²) < 4.78 is 11.8. The molecule has 0 unspecified atom stereocenters. The Labute approximate surface area is 178 Å². The summed E-state index contributed by atoms with van der Waals surface area (Å²) in [7, 11) is 1.59. The van der Waals surface area contributed by atoms with Crippen LogP contribution in [0.4, 0.5) is 11.4 Å². The summed E-state index contributed by atoms with van der Waals surface area (Å²) in [6.07, 6.45) is 0. The molecule has 0 atom stereocenters. The van der Waals surface area contributed by atoms with E-state index >= 15 is 0 Å². The van der Waals surface area contributed by atoms with Gasteiger partial charge in [-0.1, -0.05) is 6.07 Å². The molecule has 0 aliphatic carbocycles. The summed E-state index contributed by atoms with van der Waals surface area (Å²) in [5.41, 5.74) is 2.42. The van der Waals surface area contributed by atoms with Gasteiger partial charge in [0.05, 0.1) is 16.5 Å². The third kappa shape index (κ3) is 3.87. The van der Waals surface area contributed by atoms with Crippen molar-refractivity contribution in [2.45, 2.75) is 0 Å². The number of rotatable bonds is 5. The van der Waals surface area contributed by atoms with Gasteiger partial charge in [-0.05, 0) is 58.4 Å². The van der Waals surface area contributed by atoms with Crippen molar-refractivity contribution in [3.05, 3.63) is 80.8 Å². The number of benzene rings is 3. The van der Waals surface area contributed by atoms with Gasteiger partial charge in [0.1, 0.15) is 11.3 Å². The van der Waals surface area contributed by atoms with Crippen LogP contribution in [0, 0.1) is 10.1 Å². The number of hydrogen-bond acceptors (Lipinski definition) is 6. The summed E-state index contributed by atoms with van der Waals surface area (Å²) in [5.74, 6) is 0.664. The molecule has 1 N–H and O–H groups in total. The highest BCUT2D eigenvalue weighted by molar-refractivity contribution is 9.10. The fourth-order valence-corrected chi connectivity index (χ4v) is 3.43. The lowest BCUT2D eigenvalue weighted by Crippen LogP contribution is -2.12. The molecule has 4 rings (SSSR count). The van der Waals surface area contributed by atoms with Crippen molar-refractivity contribution in [2.75, 3.05) is 12.4 Å². The van der Waals surface area contributed by atoms with Crippen molar-refractivity contribution in [2.24, 2.45) is 0 Å². The number of carbonyl (C=O) groups is 1. The second-order valence-electron chi connectivity index (χ2n) is 6.31. The summed E-state index contributed by atoms with van der Waals surface area (Å²) in [5, 5.41) is 13.6. The lowest BCUT2D eigenvalue weighted by Gasteiger charge is -2.04. The predicted octanol–water partition coefficient (Wildman–Crippen LogP) is 5.43. The first-order chi connectivity index (χ1) is 14.4. The van der Waals surface area contributed by atoms with E-state index in [0.29, 0.717) is 28.4 Å². The fraction of sp³-hybridized carbons (Fsp3) is 0.0476. The molecule has 1 heterocycles. The number of amides is 1. The number of halogens is 1. The highest BCUT2D eigenvalue weighted by Crippen LogP contribution is 2.32. The Balaban J connectivity index is 1.59. The van der Waals surface area contributed by atoms with E-state index in [0.717, 1.165) is 10.0 Å². The van der Waals surface area contributed by atoms with Gasteiger partial charge < -0.3 is 14.5 Å². The first-order valence-electron chi connectivity index (χ1n) is 8.75. The van der Waals surface area contributed by atoms with Gasteiger partial charge in [0.15, 0.2) is 5.58 Å². The van der Waals surface area contributed by atoms with Crippen LogP contribution < -0.4 is 10.1 Å². The molecule has 0 aliphatic rings. The third-order valence-corrected chi connectivity index (χ3v) is 4.98. The summed E-state index contributed by atoms with van der Waals surface area (Å²) >= 11 is 3.44. The summed E-state index contributed by atoms with van der Waals surface area (Å²) in [6.45, 7) is 0. The Morgan fingerprint density at radius 1 is 1.17 bits per heavy atom. The molecule has 3 aromatic carbocycles. The number of ether oxygens (including phenoxy) is 1. The molecule has 150 valence electrons. The standard InChI is InChI=1S/C21H14BrN3O5/c1-29-18-7-5-13(10-16(18)22)21-24-17-11-14(6-8-19(17)30-21)23-20(26)12-3-2-4-15(9-12)25(27)28/h2-11H,1H3,(H,23,26). The maximum absolute atomic E-state index is 12.5. The molecule has 8 nitrogen and oxygen atoms in total.